The van der Waals surface area contributed by atoms with Gasteiger partial charge in [-0.05, 0) is 83.3 Å². The van der Waals surface area contributed by atoms with Gasteiger partial charge in [0.25, 0.3) is 5.91 Å². The number of hydrogen-bond acceptors (Lipinski definition) is 3. The number of rotatable bonds is 10. The van der Waals surface area contributed by atoms with Crippen molar-refractivity contribution in [1.29, 1.82) is 0 Å². The van der Waals surface area contributed by atoms with Gasteiger partial charge in [0.05, 0.1) is 0 Å². The third kappa shape index (κ3) is 8.06. The van der Waals surface area contributed by atoms with E-state index in [-0.39, 0.29) is 24.5 Å². The van der Waals surface area contributed by atoms with Gasteiger partial charge in [-0.3, -0.25) is 9.59 Å². The molecule has 1 unspecified atom stereocenters. The molecule has 1 saturated carbocycles. The van der Waals surface area contributed by atoms with E-state index in [1.807, 2.05) is 85.8 Å². The fourth-order valence-electron chi connectivity index (χ4n) is 4.83. The molecule has 0 aliphatic heterocycles. The molecule has 0 radical (unpaired) electrons. The Balaban J connectivity index is 1.61. The van der Waals surface area contributed by atoms with Gasteiger partial charge in [0.15, 0.2) is 6.61 Å². The second-order valence-electron chi connectivity index (χ2n) is 9.74. The van der Waals surface area contributed by atoms with Gasteiger partial charge in [0.1, 0.15) is 11.8 Å². The zero-order valence-corrected chi connectivity index (χ0v) is 23.5. The predicted molar refractivity (Wildman–Crippen MR) is 155 cm³/mol. The average molecular weight is 611 g/mol. The van der Waals surface area contributed by atoms with E-state index in [9.17, 15) is 9.59 Å². The maximum absolute atomic E-state index is 13.8. The molecule has 0 spiro atoms. The Bertz CT molecular complexity index is 1160. The predicted octanol–water partition coefficient (Wildman–Crippen LogP) is 6.07. The first-order valence-electron chi connectivity index (χ1n) is 13.1. The molecule has 1 aliphatic rings. The van der Waals surface area contributed by atoms with Crippen LogP contribution >= 0.6 is 22.6 Å². The number of hydrogen-bond donors (Lipinski definition) is 1. The minimum Gasteiger partial charge on any atom is -0.484 e. The van der Waals surface area contributed by atoms with Crippen molar-refractivity contribution in [3.05, 3.63) is 99.1 Å². The summed E-state index contributed by atoms with van der Waals surface area (Å²) >= 11 is 2.24. The topological polar surface area (TPSA) is 58.6 Å². The average Bonchev–Trinajstić information content (AvgIpc) is 2.92. The van der Waals surface area contributed by atoms with Crippen molar-refractivity contribution in [2.24, 2.45) is 0 Å². The van der Waals surface area contributed by atoms with Crippen LogP contribution in [0.25, 0.3) is 0 Å². The Morgan fingerprint density at radius 1 is 0.946 bits per heavy atom. The van der Waals surface area contributed by atoms with E-state index >= 15 is 0 Å². The van der Waals surface area contributed by atoms with Crippen molar-refractivity contribution < 1.29 is 14.3 Å². The fraction of sp³-hybridized carbons (Fsp3) is 0.355. The van der Waals surface area contributed by atoms with E-state index in [0.29, 0.717) is 18.7 Å². The highest BCUT2D eigenvalue weighted by molar-refractivity contribution is 14.1. The fourth-order valence-corrected chi connectivity index (χ4v) is 5.19. The summed E-state index contributed by atoms with van der Waals surface area (Å²) in [5.74, 6) is 0.337. The first-order valence-corrected chi connectivity index (χ1v) is 14.1. The quantitative estimate of drug-likeness (QED) is 0.284. The lowest BCUT2D eigenvalue weighted by molar-refractivity contribution is -0.143. The Morgan fingerprint density at radius 2 is 1.62 bits per heavy atom. The number of carbonyl (C=O) groups excluding carboxylic acids is 2. The van der Waals surface area contributed by atoms with Crippen LogP contribution in [-0.4, -0.2) is 35.4 Å². The summed E-state index contributed by atoms with van der Waals surface area (Å²) in [6.45, 7) is 2.25. The zero-order chi connectivity index (χ0) is 26.0. The number of nitrogens with one attached hydrogen (secondary N) is 1. The van der Waals surface area contributed by atoms with Gasteiger partial charge in [-0.1, -0.05) is 73.9 Å². The van der Waals surface area contributed by atoms with Crippen LogP contribution in [0.1, 0.15) is 48.8 Å². The third-order valence-corrected chi connectivity index (χ3v) is 7.72. The minimum absolute atomic E-state index is 0.0908. The van der Waals surface area contributed by atoms with Crippen molar-refractivity contribution >= 4 is 34.4 Å². The molecular weight excluding hydrogens is 575 g/mol. The molecule has 3 aromatic rings. The summed E-state index contributed by atoms with van der Waals surface area (Å²) in [4.78, 5) is 29.3. The summed E-state index contributed by atoms with van der Waals surface area (Å²) in [6.07, 6.45) is 5.90. The molecule has 5 nitrogen and oxygen atoms in total. The van der Waals surface area contributed by atoms with Gasteiger partial charge in [-0.25, -0.2) is 0 Å². The molecular formula is C31H35IN2O3. The summed E-state index contributed by atoms with van der Waals surface area (Å²) in [5, 5.41) is 3.28. The van der Waals surface area contributed by atoms with Crippen molar-refractivity contribution in [1.82, 2.24) is 10.2 Å². The van der Waals surface area contributed by atoms with Crippen LogP contribution in [0.15, 0.2) is 78.9 Å². The smallest absolute Gasteiger partial charge is 0.261 e. The first-order chi connectivity index (χ1) is 18.0. The molecule has 0 heterocycles. The molecule has 3 aromatic carbocycles. The van der Waals surface area contributed by atoms with Gasteiger partial charge in [0.2, 0.25) is 5.91 Å². The summed E-state index contributed by atoms with van der Waals surface area (Å²) in [5.41, 5.74) is 3.13. The lowest BCUT2D eigenvalue weighted by atomic mass is 9.94. The number of benzene rings is 3. The lowest BCUT2D eigenvalue weighted by Gasteiger charge is -2.33. The van der Waals surface area contributed by atoms with Crippen molar-refractivity contribution in [2.45, 2.75) is 64.1 Å². The van der Waals surface area contributed by atoms with Crippen molar-refractivity contribution in [2.75, 3.05) is 6.61 Å². The number of nitrogens with zero attached hydrogens (tertiary/aromatic N) is 1. The highest BCUT2D eigenvalue weighted by Gasteiger charge is 2.32. The number of amides is 2. The minimum atomic E-state index is -0.642. The Labute approximate surface area is 233 Å². The Kier molecular flexibility index (Phi) is 9.99. The SMILES string of the molecule is Cc1ccccc1CN(C(=O)COc1ccc(I)cc1)C(Cc1ccccc1)C(=O)NC1CCCCC1. The van der Waals surface area contributed by atoms with Gasteiger partial charge in [0, 0.05) is 22.6 Å². The summed E-state index contributed by atoms with van der Waals surface area (Å²) in [6, 6.07) is 25.1. The van der Waals surface area contributed by atoms with Crippen molar-refractivity contribution in [3.63, 3.8) is 0 Å². The largest absolute Gasteiger partial charge is 0.484 e. The normalized spacial score (nSPS) is 14.5. The zero-order valence-electron chi connectivity index (χ0n) is 21.4. The van der Waals surface area contributed by atoms with E-state index in [4.69, 9.17) is 4.74 Å². The van der Waals surface area contributed by atoms with Crippen LogP contribution in [0.2, 0.25) is 0 Å². The highest BCUT2D eigenvalue weighted by atomic mass is 127. The summed E-state index contributed by atoms with van der Waals surface area (Å²) in [7, 11) is 0. The maximum Gasteiger partial charge on any atom is 0.261 e. The first kappa shape index (κ1) is 27.2. The molecule has 1 aliphatic carbocycles. The molecule has 194 valence electrons. The number of carbonyl (C=O) groups is 2. The second-order valence-corrected chi connectivity index (χ2v) is 11.0. The molecule has 4 rings (SSSR count). The van der Waals surface area contributed by atoms with E-state index in [2.05, 4.69) is 27.9 Å². The molecule has 1 fully saturated rings. The molecule has 37 heavy (non-hydrogen) atoms. The van der Waals surface area contributed by atoms with Crippen LogP contribution in [0.4, 0.5) is 0 Å². The molecule has 6 heteroatoms. The molecule has 1 N–H and O–H groups in total. The van der Waals surface area contributed by atoms with Crippen LogP contribution in [-0.2, 0) is 22.6 Å². The second kappa shape index (κ2) is 13.6. The standard InChI is InChI=1S/C31H35IN2O3/c1-23-10-8-9-13-25(23)21-34(30(35)22-37-28-18-16-26(32)17-19-28)29(20-24-11-4-2-5-12-24)31(36)33-27-14-6-3-7-15-27/h2,4-5,8-13,16-19,27,29H,3,6-7,14-15,20-22H2,1H3,(H,33,36). The lowest BCUT2D eigenvalue weighted by Crippen LogP contribution is -2.53. The Morgan fingerprint density at radius 3 is 2.32 bits per heavy atom. The molecule has 1 atom stereocenters. The monoisotopic (exact) mass is 610 g/mol. The van der Waals surface area contributed by atoms with Crippen LogP contribution in [0.5, 0.6) is 5.75 Å². The third-order valence-electron chi connectivity index (χ3n) is 7.00. The molecule has 0 aromatic heterocycles. The van der Waals surface area contributed by atoms with E-state index in [1.54, 1.807) is 4.90 Å². The van der Waals surface area contributed by atoms with E-state index in [0.717, 1.165) is 45.9 Å². The number of aryl methyl sites for hydroxylation is 1. The highest BCUT2D eigenvalue weighted by Crippen LogP contribution is 2.21. The molecule has 0 saturated heterocycles. The number of ether oxygens (including phenoxy) is 1. The molecule has 0 bridgehead atoms. The molecule has 2 amide bonds. The summed E-state index contributed by atoms with van der Waals surface area (Å²) < 4.78 is 6.97. The van der Waals surface area contributed by atoms with Crippen LogP contribution < -0.4 is 10.1 Å². The maximum atomic E-state index is 13.8. The van der Waals surface area contributed by atoms with Crippen LogP contribution in [0.3, 0.4) is 0 Å². The van der Waals surface area contributed by atoms with Gasteiger partial charge in [-0.15, -0.1) is 0 Å². The van der Waals surface area contributed by atoms with Crippen LogP contribution in [0, 0.1) is 10.5 Å². The Hall–Kier alpha value is -2.87. The van der Waals surface area contributed by atoms with Gasteiger partial charge >= 0.3 is 0 Å². The van der Waals surface area contributed by atoms with Gasteiger partial charge < -0.3 is 15.0 Å². The number of halogens is 1. The van der Waals surface area contributed by atoms with Crippen molar-refractivity contribution in [3.8, 4) is 5.75 Å². The van der Waals surface area contributed by atoms with E-state index in [1.165, 1.54) is 6.42 Å². The van der Waals surface area contributed by atoms with E-state index < -0.39 is 6.04 Å². The van der Waals surface area contributed by atoms with Gasteiger partial charge in [-0.2, -0.15) is 0 Å².